The van der Waals surface area contributed by atoms with Crippen LogP contribution in [-0.2, 0) is 11.2 Å². The van der Waals surface area contributed by atoms with E-state index in [0.29, 0.717) is 30.4 Å². The number of pyridine rings is 1. The van der Waals surface area contributed by atoms with Crippen LogP contribution < -0.4 is 0 Å². The number of hydrogen-bond acceptors (Lipinski definition) is 4. The highest BCUT2D eigenvalue weighted by Gasteiger charge is 2.17. The minimum Gasteiger partial charge on any atom is -0.383 e. The Morgan fingerprint density at radius 1 is 1.48 bits per heavy atom. The summed E-state index contributed by atoms with van der Waals surface area (Å²) in [6, 6.07) is 5.38. The lowest BCUT2D eigenvalue weighted by molar-refractivity contribution is 0.0699. The molecule has 0 aliphatic rings. The van der Waals surface area contributed by atoms with E-state index in [1.54, 1.807) is 24.1 Å². The Balaban J connectivity index is 2.93. The van der Waals surface area contributed by atoms with E-state index in [1.165, 1.54) is 0 Å². The Labute approximate surface area is 130 Å². The summed E-state index contributed by atoms with van der Waals surface area (Å²) in [6.07, 6.45) is 2.00. The summed E-state index contributed by atoms with van der Waals surface area (Å²) in [5, 5.41) is 9.02. The van der Waals surface area contributed by atoms with Gasteiger partial charge in [-0.25, -0.2) is 4.98 Å². The van der Waals surface area contributed by atoms with Crippen LogP contribution in [0, 0.1) is 11.3 Å². The molecule has 114 valence electrons. The Morgan fingerprint density at radius 3 is 2.86 bits per heavy atom. The summed E-state index contributed by atoms with van der Waals surface area (Å²) in [5.41, 5.74) is 1.31. The van der Waals surface area contributed by atoms with E-state index >= 15 is 0 Å². The van der Waals surface area contributed by atoms with Crippen molar-refractivity contribution in [3.8, 4) is 6.07 Å². The topological polar surface area (TPSA) is 66.2 Å². The first-order valence-electron chi connectivity index (χ1n) is 6.94. The van der Waals surface area contributed by atoms with E-state index in [-0.39, 0.29) is 12.3 Å². The minimum atomic E-state index is -0.149. The van der Waals surface area contributed by atoms with Gasteiger partial charge in [-0.05, 0) is 18.6 Å². The molecule has 6 heteroatoms. The number of methoxy groups -OCH3 is 1. The van der Waals surface area contributed by atoms with E-state index < -0.39 is 0 Å². The smallest absolute Gasteiger partial charge is 0.254 e. The first kappa shape index (κ1) is 17.4. The molecule has 0 fully saturated rings. The van der Waals surface area contributed by atoms with E-state index in [9.17, 15) is 4.79 Å². The second kappa shape index (κ2) is 9.32. The van der Waals surface area contributed by atoms with Crippen molar-refractivity contribution in [2.75, 3.05) is 26.8 Å². The van der Waals surface area contributed by atoms with E-state index in [4.69, 9.17) is 21.6 Å². The van der Waals surface area contributed by atoms with Crippen molar-refractivity contribution >= 4 is 17.5 Å². The van der Waals surface area contributed by atoms with Crippen molar-refractivity contribution in [1.82, 2.24) is 9.88 Å². The van der Waals surface area contributed by atoms with Crippen molar-refractivity contribution in [1.29, 1.82) is 5.26 Å². The molecule has 0 spiro atoms. The second-order valence-corrected chi connectivity index (χ2v) is 5.00. The zero-order chi connectivity index (χ0) is 15.7. The van der Waals surface area contributed by atoms with Crippen LogP contribution in [0.25, 0.3) is 0 Å². The molecule has 0 saturated heterocycles. The van der Waals surface area contributed by atoms with Crippen LogP contribution in [-0.4, -0.2) is 42.6 Å². The van der Waals surface area contributed by atoms with Crippen LogP contribution in [0.15, 0.2) is 12.1 Å². The first-order valence-corrected chi connectivity index (χ1v) is 7.31. The maximum absolute atomic E-state index is 12.5. The summed E-state index contributed by atoms with van der Waals surface area (Å²) in [4.78, 5) is 18.4. The zero-order valence-corrected chi connectivity index (χ0v) is 13.2. The summed E-state index contributed by atoms with van der Waals surface area (Å²) in [6.45, 7) is 3.29. The van der Waals surface area contributed by atoms with E-state index in [1.807, 2.05) is 6.92 Å². The fourth-order valence-electron chi connectivity index (χ4n) is 1.94. The molecule has 0 aliphatic carbocycles. The van der Waals surface area contributed by atoms with Gasteiger partial charge in [0.1, 0.15) is 5.15 Å². The Kier molecular flexibility index (Phi) is 7.73. The molecule has 0 aliphatic heterocycles. The van der Waals surface area contributed by atoms with Gasteiger partial charge in [0.25, 0.3) is 5.91 Å². The number of carbonyl (C=O) groups excluding carboxylic acids is 1. The highest BCUT2D eigenvalue weighted by atomic mass is 35.5. The third-order valence-corrected chi connectivity index (χ3v) is 3.14. The maximum Gasteiger partial charge on any atom is 0.254 e. The monoisotopic (exact) mass is 309 g/mol. The van der Waals surface area contributed by atoms with Gasteiger partial charge in [0.15, 0.2) is 0 Å². The van der Waals surface area contributed by atoms with Gasteiger partial charge in [0.05, 0.1) is 19.1 Å². The van der Waals surface area contributed by atoms with Crippen LogP contribution in [0.1, 0.15) is 35.8 Å². The Hall–Kier alpha value is -1.64. The Bertz CT molecular complexity index is 514. The molecule has 1 rings (SSSR count). The molecular weight excluding hydrogens is 290 g/mol. The second-order valence-electron chi connectivity index (χ2n) is 4.61. The molecule has 0 unspecified atom stereocenters. The number of ether oxygens (including phenoxy) is 1. The third kappa shape index (κ3) is 5.70. The normalized spacial score (nSPS) is 10.2. The lowest BCUT2D eigenvalue weighted by Gasteiger charge is -2.21. The van der Waals surface area contributed by atoms with Gasteiger partial charge in [-0.15, -0.1) is 0 Å². The number of nitrogens with zero attached hydrogens (tertiary/aromatic N) is 3. The maximum atomic E-state index is 12.5. The van der Waals surface area contributed by atoms with Crippen LogP contribution in [0.4, 0.5) is 0 Å². The minimum absolute atomic E-state index is 0.149. The molecule has 0 radical (unpaired) electrons. The molecule has 0 bridgehead atoms. The SMILES string of the molecule is CCCc1cc(C(=O)N(CCC#N)CCOC)cc(Cl)n1. The predicted octanol–water partition coefficient (Wildman–Crippen LogP) is 2.69. The van der Waals surface area contributed by atoms with Gasteiger partial charge in [-0.3, -0.25) is 4.79 Å². The van der Waals surface area contributed by atoms with Gasteiger partial charge in [-0.1, -0.05) is 24.9 Å². The van der Waals surface area contributed by atoms with E-state index in [0.717, 1.165) is 18.5 Å². The lowest BCUT2D eigenvalue weighted by atomic mass is 10.1. The van der Waals surface area contributed by atoms with Gasteiger partial charge in [-0.2, -0.15) is 5.26 Å². The predicted molar refractivity (Wildman–Crippen MR) is 81.3 cm³/mol. The number of hydrogen-bond donors (Lipinski definition) is 0. The average Bonchev–Trinajstić information content (AvgIpc) is 2.46. The molecule has 1 amide bonds. The van der Waals surface area contributed by atoms with Crippen molar-refractivity contribution in [3.63, 3.8) is 0 Å². The van der Waals surface area contributed by atoms with Crippen LogP contribution >= 0.6 is 11.6 Å². The van der Waals surface area contributed by atoms with Gasteiger partial charge >= 0.3 is 0 Å². The zero-order valence-electron chi connectivity index (χ0n) is 12.4. The quantitative estimate of drug-likeness (QED) is 0.692. The molecule has 0 atom stereocenters. The molecule has 21 heavy (non-hydrogen) atoms. The van der Waals surface area contributed by atoms with Gasteiger partial charge in [0.2, 0.25) is 0 Å². The third-order valence-electron chi connectivity index (χ3n) is 2.95. The highest BCUT2D eigenvalue weighted by Crippen LogP contribution is 2.14. The standard InChI is InChI=1S/C15H20ClN3O2/c1-3-5-13-10-12(11-14(16)18-13)15(20)19(7-4-6-17)8-9-21-2/h10-11H,3-5,7-9H2,1-2H3. The fourth-order valence-corrected chi connectivity index (χ4v) is 2.17. The summed E-state index contributed by atoms with van der Waals surface area (Å²) < 4.78 is 5.01. The summed E-state index contributed by atoms with van der Waals surface area (Å²) >= 11 is 5.98. The lowest BCUT2D eigenvalue weighted by Crippen LogP contribution is -2.34. The molecule has 0 saturated carbocycles. The average molecular weight is 310 g/mol. The number of amides is 1. The number of rotatable bonds is 8. The fraction of sp³-hybridized carbons (Fsp3) is 0.533. The molecule has 0 N–H and O–H groups in total. The largest absolute Gasteiger partial charge is 0.383 e. The molecular formula is C15H20ClN3O2. The molecule has 1 aromatic heterocycles. The van der Waals surface area contributed by atoms with Crippen LogP contribution in [0.2, 0.25) is 5.15 Å². The van der Waals surface area contributed by atoms with Crippen LogP contribution in [0.5, 0.6) is 0 Å². The molecule has 0 aromatic carbocycles. The van der Waals surface area contributed by atoms with Crippen LogP contribution in [0.3, 0.4) is 0 Å². The van der Waals surface area contributed by atoms with Crippen molar-refractivity contribution in [3.05, 3.63) is 28.5 Å². The number of aromatic nitrogens is 1. The van der Waals surface area contributed by atoms with E-state index in [2.05, 4.69) is 11.1 Å². The number of halogens is 1. The highest BCUT2D eigenvalue weighted by molar-refractivity contribution is 6.29. The van der Waals surface area contributed by atoms with Gasteiger partial charge < -0.3 is 9.64 Å². The summed E-state index contributed by atoms with van der Waals surface area (Å²) in [5.74, 6) is -0.149. The molecule has 1 aromatic rings. The van der Waals surface area contributed by atoms with Gasteiger partial charge in [0, 0.05) is 31.5 Å². The van der Waals surface area contributed by atoms with Crippen molar-refractivity contribution in [2.24, 2.45) is 0 Å². The summed E-state index contributed by atoms with van der Waals surface area (Å²) in [7, 11) is 1.58. The first-order chi connectivity index (χ1) is 10.1. The molecule has 5 nitrogen and oxygen atoms in total. The molecule has 1 heterocycles. The number of carbonyl (C=O) groups is 1. The van der Waals surface area contributed by atoms with Crippen molar-refractivity contribution < 1.29 is 9.53 Å². The van der Waals surface area contributed by atoms with Crippen molar-refractivity contribution in [2.45, 2.75) is 26.2 Å². The number of nitriles is 1. The Morgan fingerprint density at radius 2 is 2.24 bits per heavy atom. The number of aryl methyl sites for hydroxylation is 1.